The molecule has 4 rings (SSSR count). The van der Waals surface area contributed by atoms with E-state index in [1.54, 1.807) is 12.1 Å². The highest BCUT2D eigenvalue weighted by Gasteiger charge is 2.34. The largest absolute Gasteiger partial charge is 0.463 e. The molecule has 0 unspecified atom stereocenters. The average Bonchev–Trinajstić information content (AvgIpc) is 3.03. The predicted octanol–water partition coefficient (Wildman–Crippen LogP) is 2.27. The number of methoxy groups -OCH3 is 1. The van der Waals surface area contributed by atoms with Gasteiger partial charge in [-0.25, -0.2) is 4.79 Å². The highest BCUT2D eigenvalue weighted by atomic mass is 35.5. The summed E-state index contributed by atoms with van der Waals surface area (Å²) >= 11 is 0. The van der Waals surface area contributed by atoms with Crippen molar-refractivity contribution in [3.8, 4) is 0 Å². The Kier molecular flexibility index (Phi) is 5.01. The van der Waals surface area contributed by atoms with Crippen molar-refractivity contribution in [2.75, 3.05) is 20.2 Å². The molecular formula is C18H21ClN2O4. The van der Waals surface area contributed by atoms with Crippen LogP contribution in [0, 0.1) is 5.92 Å². The number of rotatable bonds is 3. The zero-order valence-corrected chi connectivity index (χ0v) is 14.8. The fourth-order valence-electron chi connectivity index (χ4n) is 4.02. The van der Waals surface area contributed by atoms with Crippen molar-refractivity contribution in [3.05, 3.63) is 57.9 Å². The smallest absolute Gasteiger partial charge is 0.373 e. The normalized spacial score (nSPS) is 22.0. The number of piperidine rings is 1. The van der Waals surface area contributed by atoms with Gasteiger partial charge in [0.25, 0.3) is 5.56 Å². The van der Waals surface area contributed by atoms with E-state index in [0.29, 0.717) is 18.4 Å². The molecule has 0 spiro atoms. The SMILES string of the molecule is COC(=O)c1ccc(CN2C[C@@H]3C[C@@H](C2)c2cccc(=O)n2C3)o1.Cl. The Bertz CT molecular complexity index is 828. The third-order valence-corrected chi connectivity index (χ3v) is 4.98. The number of carbonyl (C=O) groups excluding carboxylic acids is 1. The van der Waals surface area contributed by atoms with Gasteiger partial charge in [-0.1, -0.05) is 6.07 Å². The molecule has 7 heteroatoms. The van der Waals surface area contributed by atoms with Gasteiger partial charge in [0.05, 0.1) is 13.7 Å². The number of carbonyl (C=O) groups is 1. The van der Waals surface area contributed by atoms with E-state index in [2.05, 4.69) is 15.7 Å². The molecule has 2 aliphatic heterocycles. The van der Waals surface area contributed by atoms with Crippen molar-refractivity contribution in [1.82, 2.24) is 9.47 Å². The Morgan fingerprint density at radius 1 is 1.24 bits per heavy atom. The number of nitrogens with zero attached hydrogens (tertiary/aromatic N) is 2. The molecule has 0 aromatic carbocycles. The third-order valence-electron chi connectivity index (χ3n) is 4.98. The zero-order chi connectivity index (χ0) is 16.7. The van der Waals surface area contributed by atoms with Crippen LogP contribution in [0.1, 0.15) is 34.3 Å². The lowest BCUT2D eigenvalue weighted by Crippen LogP contribution is -2.46. The minimum atomic E-state index is -0.454. The van der Waals surface area contributed by atoms with Gasteiger partial charge in [0, 0.05) is 37.3 Å². The highest BCUT2D eigenvalue weighted by Crippen LogP contribution is 2.35. The molecule has 4 heterocycles. The molecule has 0 radical (unpaired) electrons. The molecule has 2 aromatic heterocycles. The van der Waals surface area contributed by atoms with Gasteiger partial charge >= 0.3 is 5.97 Å². The van der Waals surface area contributed by atoms with Gasteiger partial charge in [-0.15, -0.1) is 12.4 Å². The van der Waals surface area contributed by atoms with Gasteiger partial charge in [0.1, 0.15) is 5.76 Å². The third kappa shape index (κ3) is 3.37. The number of hydrogen-bond donors (Lipinski definition) is 0. The van der Waals surface area contributed by atoms with E-state index < -0.39 is 5.97 Å². The maximum Gasteiger partial charge on any atom is 0.373 e. The molecule has 0 amide bonds. The summed E-state index contributed by atoms with van der Waals surface area (Å²) in [5.74, 6) is 1.40. The fourth-order valence-corrected chi connectivity index (χ4v) is 4.02. The minimum Gasteiger partial charge on any atom is -0.463 e. The van der Waals surface area contributed by atoms with Crippen LogP contribution in [0.4, 0.5) is 0 Å². The van der Waals surface area contributed by atoms with Gasteiger partial charge in [0.2, 0.25) is 5.76 Å². The molecule has 2 bridgehead atoms. The van der Waals surface area contributed by atoms with Gasteiger partial charge in [-0.2, -0.15) is 0 Å². The average molecular weight is 365 g/mol. The van der Waals surface area contributed by atoms with Gasteiger partial charge in [0.15, 0.2) is 0 Å². The monoisotopic (exact) mass is 364 g/mol. The maximum absolute atomic E-state index is 12.1. The fraction of sp³-hybridized carbons (Fsp3) is 0.444. The highest BCUT2D eigenvalue weighted by molar-refractivity contribution is 5.86. The number of hydrogen-bond acceptors (Lipinski definition) is 5. The number of fused-ring (bicyclic) bond motifs is 4. The van der Waals surface area contributed by atoms with Crippen LogP contribution in [0.3, 0.4) is 0 Å². The van der Waals surface area contributed by atoms with Crippen LogP contribution < -0.4 is 5.56 Å². The van der Waals surface area contributed by atoms with E-state index in [0.717, 1.165) is 37.5 Å². The molecule has 0 aliphatic carbocycles. The van der Waals surface area contributed by atoms with Gasteiger partial charge < -0.3 is 13.7 Å². The van der Waals surface area contributed by atoms with Crippen LogP contribution in [0.15, 0.2) is 39.5 Å². The Morgan fingerprint density at radius 2 is 2.08 bits per heavy atom. The van der Waals surface area contributed by atoms with Crippen molar-refractivity contribution in [2.24, 2.45) is 5.92 Å². The molecule has 0 saturated carbocycles. The summed E-state index contributed by atoms with van der Waals surface area (Å²) in [6.45, 7) is 3.29. The second-order valence-electron chi connectivity index (χ2n) is 6.65. The van der Waals surface area contributed by atoms with Crippen molar-refractivity contribution < 1.29 is 13.9 Å². The number of ether oxygens (including phenoxy) is 1. The molecule has 0 N–H and O–H groups in total. The van der Waals surface area contributed by atoms with Gasteiger partial charge in [-0.05, 0) is 30.5 Å². The summed E-state index contributed by atoms with van der Waals surface area (Å²) in [6.07, 6.45) is 1.13. The lowest BCUT2D eigenvalue weighted by Gasteiger charge is -2.42. The molecular weight excluding hydrogens is 344 g/mol. The quantitative estimate of drug-likeness (QED) is 0.782. The van der Waals surface area contributed by atoms with Crippen LogP contribution in [0.2, 0.25) is 0 Å². The van der Waals surface area contributed by atoms with E-state index in [4.69, 9.17) is 4.42 Å². The maximum atomic E-state index is 12.1. The second-order valence-corrected chi connectivity index (χ2v) is 6.65. The molecule has 2 atom stereocenters. The lowest BCUT2D eigenvalue weighted by molar-refractivity contribution is 0.0557. The predicted molar refractivity (Wildman–Crippen MR) is 94.1 cm³/mol. The minimum absolute atomic E-state index is 0. The molecule has 134 valence electrons. The summed E-state index contributed by atoms with van der Waals surface area (Å²) in [7, 11) is 1.34. The standard InChI is InChI=1S/C18H20N2O4.ClH/c1-23-18(22)16-6-5-14(24-16)11-19-8-12-7-13(10-19)15-3-2-4-17(21)20(15)9-12;/h2-6,12-13H,7-11H2,1H3;1H/t12-,13-;/m0./s1. The number of halogens is 1. The lowest BCUT2D eigenvalue weighted by atomic mass is 9.83. The van der Waals surface area contributed by atoms with Crippen LogP contribution >= 0.6 is 12.4 Å². The molecule has 2 aromatic rings. The first-order valence-corrected chi connectivity index (χ1v) is 8.23. The van der Waals surface area contributed by atoms with Crippen molar-refractivity contribution in [2.45, 2.75) is 25.4 Å². The van der Waals surface area contributed by atoms with E-state index in [9.17, 15) is 9.59 Å². The van der Waals surface area contributed by atoms with Gasteiger partial charge in [-0.3, -0.25) is 9.69 Å². The van der Waals surface area contributed by atoms with E-state index in [1.165, 1.54) is 7.11 Å². The Morgan fingerprint density at radius 3 is 2.88 bits per heavy atom. The van der Waals surface area contributed by atoms with E-state index >= 15 is 0 Å². The summed E-state index contributed by atoms with van der Waals surface area (Å²) in [5.41, 5.74) is 1.24. The number of pyridine rings is 1. The van der Waals surface area contributed by atoms with E-state index in [1.807, 2.05) is 16.7 Å². The van der Waals surface area contributed by atoms with Crippen LogP contribution in [-0.4, -0.2) is 35.6 Å². The number of aromatic nitrogens is 1. The molecule has 1 saturated heterocycles. The van der Waals surface area contributed by atoms with Crippen molar-refractivity contribution in [1.29, 1.82) is 0 Å². The van der Waals surface area contributed by atoms with E-state index in [-0.39, 0.29) is 23.7 Å². The summed E-state index contributed by atoms with van der Waals surface area (Å²) in [4.78, 5) is 25.9. The van der Waals surface area contributed by atoms with Crippen LogP contribution in [0.25, 0.3) is 0 Å². The number of likely N-dealkylation sites (tertiary alicyclic amines) is 1. The topological polar surface area (TPSA) is 64.7 Å². The zero-order valence-electron chi connectivity index (χ0n) is 14.0. The first-order valence-electron chi connectivity index (χ1n) is 8.23. The van der Waals surface area contributed by atoms with Crippen molar-refractivity contribution >= 4 is 18.4 Å². The number of furan rings is 1. The first kappa shape index (κ1) is 17.8. The number of esters is 1. The molecule has 25 heavy (non-hydrogen) atoms. The molecule has 1 fully saturated rings. The molecule has 2 aliphatic rings. The summed E-state index contributed by atoms with van der Waals surface area (Å²) in [5, 5.41) is 0. The second kappa shape index (κ2) is 7.06. The molecule has 6 nitrogen and oxygen atoms in total. The summed E-state index contributed by atoms with van der Waals surface area (Å²) < 4.78 is 12.2. The van der Waals surface area contributed by atoms with Crippen LogP contribution in [-0.2, 0) is 17.8 Å². The first-order chi connectivity index (χ1) is 11.6. The van der Waals surface area contributed by atoms with Crippen molar-refractivity contribution in [3.63, 3.8) is 0 Å². The van der Waals surface area contributed by atoms with Crippen LogP contribution in [0.5, 0.6) is 0 Å². The Labute approximate surface area is 151 Å². The summed E-state index contributed by atoms with van der Waals surface area (Å²) in [6, 6.07) is 9.03. The Hall–Kier alpha value is -2.05. The Balaban J connectivity index is 0.00000182.